The first-order valence-electron chi connectivity index (χ1n) is 4.42. The molecule has 0 aromatic carbocycles. The maximum absolute atomic E-state index is 9.43. The monoisotopic (exact) mass is 156 g/mol. The molecule has 0 aromatic rings. The lowest BCUT2D eigenvalue weighted by Gasteiger charge is -2.14. The van der Waals surface area contributed by atoms with E-state index in [1.54, 1.807) is 0 Å². The van der Waals surface area contributed by atoms with Crippen molar-refractivity contribution in [3.63, 3.8) is 0 Å². The molecule has 0 spiro atoms. The largest absolute Gasteiger partial charge is 0.393 e. The normalized spacial score (nSPS) is 13.5. The summed E-state index contributed by atoms with van der Waals surface area (Å²) in [5.74, 6) is 0.375. The second-order valence-corrected chi connectivity index (χ2v) is 3.45. The third-order valence-corrected chi connectivity index (χ3v) is 2.06. The Morgan fingerprint density at radius 3 is 2.36 bits per heavy atom. The number of aliphatic hydroxyl groups is 1. The van der Waals surface area contributed by atoms with Crippen LogP contribution in [0.15, 0.2) is 12.2 Å². The van der Waals surface area contributed by atoms with Gasteiger partial charge in [-0.3, -0.25) is 0 Å². The zero-order chi connectivity index (χ0) is 8.85. The molecule has 1 heteroatoms. The Labute approximate surface area is 70.1 Å². The van der Waals surface area contributed by atoms with Gasteiger partial charge in [0.25, 0.3) is 0 Å². The Hall–Kier alpha value is -0.300. The minimum Gasteiger partial charge on any atom is -0.393 e. The lowest BCUT2D eigenvalue weighted by atomic mass is 9.99. The van der Waals surface area contributed by atoms with E-state index in [4.69, 9.17) is 0 Å². The highest BCUT2D eigenvalue weighted by atomic mass is 16.3. The van der Waals surface area contributed by atoms with E-state index in [2.05, 4.69) is 13.5 Å². The molecule has 11 heavy (non-hydrogen) atoms. The highest BCUT2D eigenvalue weighted by Gasteiger charge is 2.08. The summed E-state index contributed by atoms with van der Waals surface area (Å²) < 4.78 is 0. The molecule has 0 fully saturated rings. The molecule has 66 valence electrons. The maximum Gasteiger partial charge on any atom is 0.0566 e. The van der Waals surface area contributed by atoms with E-state index < -0.39 is 0 Å². The van der Waals surface area contributed by atoms with Gasteiger partial charge < -0.3 is 5.11 Å². The van der Waals surface area contributed by atoms with Crippen LogP contribution in [0.1, 0.15) is 40.0 Å². The lowest BCUT2D eigenvalue weighted by molar-refractivity contribution is 0.116. The van der Waals surface area contributed by atoms with Crippen molar-refractivity contribution in [1.82, 2.24) is 0 Å². The predicted octanol–water partition coefficient (Wildman–Crippen LogP) is 2.75. The molecule has 1 N–H and O–H groups in total. The Morgan fingerprint density at radius 2 is 2.00 bits per heavy atom. The average Bonchev–Trinajstić information content (AvgIpc) is 1.99. The van der Waals surface area contributed by atoms with Crippen molar-refractivity contribution >= 4 is 0 Å². The molecule has 0 aliphatic heterocycles. The fourth-order valence-electron chi connectivity index (χ4n) is 0.862. The molecule has 0 saturated heterocycles. The van der Waals surface area contributed by atoms with E-state index in [1.165, 1.54) is 5.57 Å². The van der Waals surface area contributed by atoms with Gasteiger partial charge in [0, 0.05) is 0 Å². The molecule has 0 saturated carbocycles. The highest BCUT2D eigenvalue weighted by Crippen LogP contribution is 2.13. The summed E-state index contributed by atoms with van der Waals surface area (Å²) in [5.41, 5.74) is 1.24. The Kier molecular flexibility index (Phi) is 5.22. The van der Waals surface area contributed by atoms with Crippen LogP contribution in [-0.2, 0) is 0 Å². The summed E-state index contributed by atoms with van der Waals surface area (Å²) in [6.07, 6.45) is 2.71. The quantitative estimate of drug-likeness (QED) is 0.607. The number of hydrogen-bond donors (Lipinski definition) is 1. The van der Waals surface area contributed by atoms with Crippen molar-refractivity contribution in [2.75, 3.05) is 0 Å². The second-order valence-electron chi connectivity index (χ2n) is 3.45. The summed E-state index contributed by atoms with van der Waals surface area (Å²) in [6.45, 7) is 10.1. The SMILES string of the molecule is C=C(CC)CCC(O)C(C)C. The van der Waals surface area contributed by atoms with Crippen molar-refractivity contribution in [3.05, 3.63) is 12.2 Å². The first-order valence-corrected chi connectivity index (χ1v) is 4.42. The third kappa shape index (κ3) is 5.02. The van der Waals surface area contributed by atoms with Gasteiger partial charge in [0.2, 0.25) is 0 Å². The van der Waals surface area contributed by atoms with Gasteiger partial charge in [-0.25, -0.2) is 0 Å². The van der Waals surface area contributed by atoms with Crippen molar-refractivity contribution in [2.45, 2.75) is 46.1 Å². The molecule has 1 unspecified atom stereocenters. The molecule has 0 bridgehead atoms. The van der Waals surface area contributed by atoms with Gasteiger partial charge >= 0.3 is 0 Å². The maximum atomic E-state index is 9.43. The number of aliphatic hydroxyl groups excluding tert-OH is 1. The molecule has 0 aliphatic rings. The molecule has 0 rings (SSSR count). The van der Waals surface area contributed by atoms with Gasteiger partial charge in [-0.05, 0) is 25.2 Å². The first kappa shape index (κ1) is 10.7. The van der Waals surface area contributed by atoms with E-state index in [-0.39, 0.29) is 6.10 Å². The van der Waals surface area contributed by atoms with Crippen LogP contribution in [0, 0.1) is 5.92 Å². The third-order valence-electron chi connectivity index (χ3n) is 2.06. The first-order chi connectivity index (χ1) is 5.07. The fraction of sp³-hybridized carbons (Fsp3) is 0.800. The molecule has 1 atom stereocenters. The summed E-state index contributed by atoms with van der Waals surface area (Å²) >= 11 is 0. The van der Waals surface area contributed by atoms with Gasteiger partial charge in [0.05, 0.1) is 6.10 Å². The number of allylic oxidation sites excluding steroid dienone is 1. The van der Waals surface area contributed by atoms with Crippen LogP contribution in [-0.4, -0.2) is 11.2 Å². The molecule has 0 aliphatic carbocycles. The zero-order valence-electron chi connectivity index (χ0n) is 7.93. The van der Waals surface area contributed by atoms with E-state index in [1.807, 2.05) is 13.8 Å². The van der Waals surface area contributed by atoms with Gasteiger partial charge in [-0.2, -0.15) is 0 Å². The molecule has 0 heterocycles. The van der Waals surface area contributed by atoms with E-state index in [9.17, 15) is 5.11 Å². The molecular formula is C10H20O. The smallest absolute Gasteiger partial charge is 0.0566 e. The minimum absolute atomic E-state index is 0.154. The van der Waals surface area contributed by atoms with E-state index >= 15 is 0 Å². The second kappa shape index (κ2) is 5.36. The highest BCUT2D eigenvalue weighted by molar-refractivity contribution is 4.92. The van der Waals surface area contributed by atoms with Crippen molar-refractivity contribution in [3.8, 4) is 0 Å². The average molecular weight is 156 g/mol. The van der Waals surface area contributed by atoms with Crippen molar-refractivity contribution < 1.29 is 5.11 Å². The fourth-order valence-corrected chi connectivity index (χ4v) is 0.862. The Balaban J connectivity index is 3.45. The summed E-state index contributed by atoms with van der Waals surface area (Å²) in [6, 6.07) is 0. The summed E-state index contributed by atoms with van der Waals surface area (Å²) in [7, 11) is 0. The standard InChI is InChI=1S/C10H20O/c1-5-9(4)6-7-10(11)8(2)3/h8,10-11H,4-7H2,1-3H3. The van der Waals surface area contributed by atoms with Crippen molar-refractivity contribution in [2.24, 2.45) is 5.92 Å². The van der Waals surface area contributed by atoms with Crippen LogP contribution in [0.25, 0.3) is 0 Å². The predicted molar refractivity (Wildman–Crippen MR) is 49.5 cm³/mol. The molecule has 1 nitrogen and oxygen atoms in total. The summed E-state index contributed by atoms with van der Waals surface area (Å²) in [5, 5.41) is 9.43. The van der Waals surface area contributed by atoms with Crippen LogP contribution in [0.2, 0.25) is 0 Å². The van der Waals surface area contributed by atoms with Gasteiger partial charge in [-0.1, -0.05) is 32.9 Å². The number of rotatable bonds is 5. The molecule has 0 radical (unpaired) electrons. The molecule has 0 aromatic heterocycles. The Morgan fingerprint density at radius 1 is 1.45 bits per heavy atom. The zero-order valence-corrected chi connectivity index (χ0v) is 7.93. The van der Waals surface area contributed by atoms with Gasteiger partial charge in [0.1, 0.15) is 0 Å². The molecule has 0 amide bonds. The lowest BCUT2D eigenvalue weighted by Crippen LogP contribution is -2.14. The van der Waals surface area contributed by atoms with Gasteiger partial charge in [-0.15, -0.1) is 0 Å². The van der Waals surface area contributed by atoms with Crippen LogP contribution < -0.4 is 0 Å². The number of hydrogen-bond acceptors (Lipinski definition) is 1. The van der Waals surface area contributed by atoms with Crippen LogP contribution in [0.5, 0.6) is 0 Å². The van der Waals surface area contributed by atoms with E-state index in [0.717, 1.165) is 19.3 Å². The minimum atomic E-state index is -0.154. The van der Waals surface area contributed by atoms with Gasteiger partial charge in [0.15, 0.2) is 0 Å². The molecular weight excluding hydrogens is 136 g/mol. The van der Waals surface area contributed by atoms with Crippen LogP contribution in [0.4, 0.5) is 0 Å². The topological polar surface area (TPSA) is 20.2 Å². The van der Waals surface area contributed by atoms with Crippen molar-refractivity contribution in [1.29, 1.82) is 0 Å². The summed E-state index contributed by atoms with van der Waals surface area (Å²) in [4.78, 5) is 0. The van der Waals surface area contributed by atoms with E-state index in [0.29, 0.717) is 5.92 Å². The van der Waals surface area contributed by atoms with Crippen LogP contribution in [0.3, 0.4) is 0 Å². The van der Waals surface area contributed by atoms with Crippen LogP contribution >= 0.6 is 0 Å². The Bertz CT molecular complexity index is 116.